The minimum atomic E-state index is -0.143. The van der Waals surface area contributed by atoms with Crippen molar-refractivity contribution in [1.82, 2.24) is 4.98 Å². The molecule has 2 aromatic rings. The number of nitrogens with one attached hydrogen (secondary N) is 1. The summed E-state index contributed by atoms with van der Waals surface area (Å²) in [6.45, 7) is 0.627. The molecule has 19 heavy (non-hydrogen) atoms. The molecule has 4 nitrogen and oxygen atoms in total. The Labute approximate surface area is 115 Å². The Bertz CT molecular complexity index is 662. The van der Waals surface area contributed by atoms with Gasteiger partial charge in [0.2, 0.25) is 0 Å². The highest BCUT2D eigenvalue weighted by molar-refractivity contribution is 6.32. The summed E-state index contributed by atoms with van der Waals surface area (Å²) < 4.78 is 5.74. The SMILES string of the molecule is N[C@H]1C[C@@H](COc2cc3cc[nH]c(=O)c3cc2Cl)C1. The van der Waals surface area contributed by atoms with Crippen molar-refractivity contribution in [2.75, 3.05) is 6.61 Å². The van der Waals surface area contributed by atoms with Gasteiger partial charge in [-0.15, -0.1) is 0 Å². The molecule has 3 N–H and O–H groups in total. The Balaban J connectivity index is 1.83. The van der Waals surface area contributed by atoms with Crippen LogP contribution in [0, 0.1) is 5.92 Å². The van der Waals surface area contributed by atoms with Gasteiger partial charge in [-0.25, -0.2) is 0 Å². The van der Waals surface area contributed by atoms with Gasteiger partial charge < -0.3 is 15.5 Å². The van der Waals surface area contributed by atoms with Crippen molar-refractivity contribution in [3.05, 3.63) is 39.8 Å². The molecule has 1 aliphatic carbocycles. The second kappa shape index (κ2) is 4.87. The summed E-state index contributed by atoms with van der Waals surface area (Å²) in [5, 5.41) is 1.87. The van der Waals surface area contributed by atoms with Crippen LogP contribution in [0.5, 0.6) is 5.75 Å². The van der Waals surface area contributed by atoms with E-state index in [9.17, 15) is 4.79 Å². The molecule has 0 amide bonds. The van der Waals surface area contributed by atoms with Gasteiger partial charge in [-0.05, 0) is 42.3 Å². The highest BCUT2D eigenvalue weighted by atomic mass is 35.5. The maximum atomic E-state index is 11.6. The van der Waals surface area contributed by atoms with Gasteiger partial charge in [-0.2, -0.15) is 0 Å². The summed E-state index contributed by atoms with van der Waals surface area (Å²) >= 11 is 6.15. The lowest BCUT2D eigenvalue weighted by molar-refractivity contribution is 0.160. The number of pyridine rings is 1. The molecule has 5 heteroatoms. The van der Waals surface area contributed by atoms with Gasteiger partial charge in [-0.3, -0.25) is 4.79 Å². The van der Waals surface area contributed by atoms with Crippen LogP contribution in [0.2, 0.25) is 5.02 Å². The fourth-order valence-electron chi connectivity index (χ4n) is 2.43. The normalized spacial score (nSPS) is 22.2. The molecule has 0 aliphatic heterocycles. The summed E-state index contributed by atoms with van der Waals surface area (Å²) in [4.78, 5) is 14.3. The van der Waals surface area contributed by atoms with E-state index in [1.54, 1.807) is 12.3 Å². The first-order valence-electron chi connectivity index (χ1n) is 6.33. The van der Waals surface area contributed by atoms with Gasteiger partial charge in [0.15, 0.2) is 0 Å². The lowest BCUT2D eigenvalue weighted by Crippen LogP contribution is -2.39. The molecule has 0 atom stereocenters. The van der Waals surface area contributed by atoms with Crippen LogP contribution in [0.1, 0.15) is 12.8 Å². The highest BCUT2D eigenvalue weighted by Gasteiger charge is 2.26. The van der Waals surface area contributed by atoms with Crippen molar-refractivity contribution in [2.24, 2.45) is 11.7 Å². The Morgan fingerprint density at radius 3 is 2.95 bits per heavy atom. The van der Waals surface area contributed by atoms with E-state index in [0.717, 1.165) is 18.2 Å². The number of aromatic nitrogens is 1. The first-order chi connectivity index (χ1) is 9.13. The second-order valence-corrected chi connectivity index (χ2v) is 5.49. The quantitative estimate of drug-likeness (QED) is 0.905. The zero-order valence-electron chi connectivity index (χ0n) is 10.4. The first-order valence-corrected chi connectivity index (χ1v) is 6.70. The third-order valence-electron chi connectivity index (χ3n) is 3.57. The summed E-state index contributed by atoms with van der Waals surface area (Å²) in [5.74, 6) is 1.14. The maximum Gasteiger partial charge on any atom is 0.255 e. The fourth-order valence-corrected chi connectivity index (χ4v) is 2.65. The van der Waals surface area contributed by atoms with Gasteiger partial charge in [-0.1, -0.05) is 11.6 Å². The smallest absolute Gasteiger partial charge is 0.255 e. The molecule has 1 heterocycles. The fraction of sp³-hybridized carbons (Fsp3) is 0.357. The topological polar surface area (TPSA) is 68.1 Å². The van der Waals surface area contributed by atoms with Gasteiger partial charge >= 0.3 is 0 Å². The van der Waals surface area contributed by atoms with Crippen LogP contribution < -0.4 is 16.0 Å². The van der Waals surface area contributed by atoms with E-state index in [0.29, 0.717) is 34.7 Å². The number of aromatic amines is 1. The van der Waals surface area contributed by atoms with Gasteiger partial charge in [0.1, 0.15) is 5.75 Å². The van der Waals surface area contributed by atoms with Crippen LogP contribution in [-0.2, 0) is 0 Å². The third kappa shape index (κ3) is 2.46. The molecule has 1 fully saturated rings. The number of H-pyrrole nitrogens is 1. The van der Waals surface area contributed by atoms with Gasteiger partial charge in [0.05, 0.1) is 11.6 Å². The lowest BCUT2D eigenvalue weighted by atomic mass is 9.82. The zero-order chi connectivity index (χ0) is 13.4. The monoisotopic (exact) mass is 278 g/mol. The molecular weight excluding hydrogens is 264 g/mol. The maximum absolute atomic E-state index is 11.6. The second-order valence-electron chi connectivity index (χ2n) is 5.09. The predicted octanol–water partition coefficient (Wildman–Crippen LogP) is 2.30. The zero-order valence-corrected chi connectivity index (χ0v) is 11.1. The molecule has 0 spiro atoms. The van der Waals surface area contributed by atoms with Crippen LogP contribution in [0.3, 0.4) is 0 Å². The van der Waals surface area contributed by atoms with E-state index in [1.807, 2.05) is 12.1 Å². The number of hydrogen-bond acceptors (Lipinski definition) is 3. The lowest BCUT2D eigenvalue weighted by Gasteiger charge is -2.32. The van der Waals surface area contributed by atoms with Crippen LogP contribution in [0.25, 0.3) is 10.8 Å². The summed E-state index contributed by atoms with van der Waals surface area (Å²) in [6, 6.07) is 5.61. The summed E-state index contributed by atoms with van der Waals surface area (Å²) in [5.41, 5.74) is 5.60. The Hall–Kier alpha value is -1.52. The molecular formula is C14H15ClN2O2. The minimum Gasteiger partial charge on any atom is -0.492 e. The minimum absolute atomic E-state index is 0.143. The van der Waals surface area contributed by atoms with Crippen LogP contribution in [-0.4, -0.2) is 17.6 Å². The molecule has 0 unspecified atom stereocenters. The third-order valence-corrected chi connectivity index (χ3v) is 3.87. The Morgan fingerprint density at radius 2 is 2.21 bits per heavy atom. The molecule has 1 aliphatic rings. The largest absolute Gasteiger partial charge is 0.492 e. The number of nitrogens with two attached hydrogens (primary N) is 1. The molecule has 0 saturated heterocycles. The standard InChI is InChI=1S/C14H15ClN2O2/c15-12-6-11-9(1-2-17-14(11)18)5-13(12)19-7-8-3-10(16)4-8/h1-2,5-6,8,10H,3-4,7,16H2,(H,17,18)/t8-,10+. The van der Waals surface area contributed by atoms with Crippen molar-refractivity contribution in [2.45, 2.75) is 18.9 Å². The van der Waals surface area contributed by atoms with Crippen molar-refractivity contribution < 1.29 is 4.74 Å². The number of hydrogen-bond donors (Lipinski definition) is 2. The van der Waals surface area contributed by atoms with E-state index in [1.165, 1.54) is 0 Å². The number of benzene rings is 1. The van der Waals surface area contributed by atoms with Crippen molar-refractivity contribution in [3.63, 3.8) is 0 Å². The molecule has 1 saturated carbocycles. The van der Waals surface area contributed by atoms with Crippen LogP contribution >= 0.6 is 11.6 Å². The molecule has 0 radical (unpaired) electrons. The molecule has 3 rings (SSSR count). The number of rotatable bonds is 3. The first kappa shape index (κ1) is 12.5. The van der Waals surface area contributed by atoms with E-state index in [-0.39, 0.29) is 5.56 Å². The van der Waals surface area contributed by atoms with E-state index < -0.39 is 0 Å². The van der Waals surface area contributed by atoms with Crippen LogP contribution in [0.4, 0.5) is 0 Å². The van der Waals surface area contributed by atoms with E-state index >= 15 is 0 Å². The Kier molecular flexibility index (Phi) is 3.21. The molecule has 100 valence electrons. The Morgan fingerprint density at radius 1 is 1.42 bits per heavy atom. The summed E-state index contributed by atoms with van der Waals surface area (Å²) in [6.07, 6.45) is 3.63. The average molecular weight is 279 g/mol. The van der Waals surface area contributed by atoms with Crippen LogP contribution in [0.15, 0.2) is 29.2 Å². The summed E-state index contributed by atoms with van der Waals surface area (Å²) in [7, 11) is 0. The highest BCUT2D eigenvalue weighted by Crippen LogP contribution is 2.31. The number of ether oxygens (including phenoxy) is 1. The van der Waals surface area contributed by atoms with Crippen molar-refractivity contribution in [1.29, 1.82) is 0 Å². The van der Waals surface area contributed by atoms with E-state index in [4.69, 9.17) is 22.1 Å². The molecule has 1 aromatic heterocycles. The van der Waals surface area contributed by atoms with Gasteiger partial charge in [0, 0.05) is 17.6 Å². The number of fused-ring (bicyclic) bond motifs is 1. The van der Waals surface area contributed by atoms with Gasteiger partial charge in [0.25, 0.3) is 5.56 Å². The average Bonchev–Trinajstić information content (AvgIpc) is 2.35. The number of halogens is 1. The molecule has 0 bridgehead atoms. The van der Waals surface area contributed by atoms with Crippen molar-refractivity contribution >= 4 is 22.4 Å². The predicted molar refractivity (Wildman–Crippen MR) is 75.8 cm³/mol. The molecule has 1 aromatic carbocycles. The van der Waals surface area contributed by atoms with Crippen molar-refractivity contribution in [3.8, 4) is 5.75 Å². The van der Waals surface area contributed by atoms with E-state index in [2.05, 4.69) is 4.98 Å².